The Morgan fingerprint density at radius 2 is 1.86 bits per heavy atom. The minimum atomic E-state index is -0.536. The molecular weight excluding hydrogens is 380 g/mol. The second kappa shape index (κ2) is 8.27. The Hall–Kier alpha value is -1.83. The van der Waals surface area contributed by atoms with Gasteiger partial charge in [0.2, 0.25) is 0 Å². The summed E-state index contributed by atoms with van der Waals surface area (Å²) in [4.78, 5) is 31.3. The molecular formula is C20H29ClN4O3. The third-order valence-electron chi connectivity index (χ3n) is 5.56. The molecule has 28 heavy (non-hydrogen) atoms. The first-order chi connectivity index (χ1) is 13.2. The van der Waals surface area contributed by atoms with Crippen LogP contribution < -0.4 is 5.32 Å². The van der Waals surface area contributed by atoms with Gasteiger partial charge in [-0.3, -0.25) is 9.69 Å². The molecule has 7 nitrogen and oxygen atoms in total. The van der Waals surface area contributed by atoms with Gasteiger partial charge in [-0.1, -0.05) is 11.6 Å². The third-order valence-corrected chi connectivity index (χ3v) is 5.81. The van der Waals surface area contributed by atoms with Gasteiger partial charge in [-0.25, -0.2) is 4.79 Å². The van der Waals surface area contributed by atoms with E-state index >= 15 is 0 Å². The average Bonchev–Trinajstić information content (AvgIpc) is 2.67. The van der Waals surface area contributed by atoms with Crippen LogP contribution in [0.4, 0.5) is 4.79 Å². The van der Waals surface area contributed by atoms with Crippen molar-refractivity contribution in [1.29, 1.82) is 0 Å². The summed E-state index contributed by atoms with van der Waals surface area (Å²) in [5, 5.41) is 13.6. The number of hydrogen-bond acceptors (Lipinski definition) is 4. The highest BCUT2D eigenvalue weighted by Crippen LogP contribution is 2.29. The van der Waals surface area contributed by atoms with Crippen molar-refractivity contribution in [2.24, 2.45) is 0 Å². The second-order valence-corrected chi connectivity index (χ2v) is 8.68. The molecule has 2 heterocycles. The van der Waals surface area contributed by atoms with Gasteiger partial charge in [-0.15, -0.1) is 0 Å². The molecule has 2 atom stereocenters. The zero-order valence-electron chi connectivity index (χ0n) is 16.7. The molecule has 2 unspecified atom stereocenters. The number of fused-ring (bicyclic) bond motifs is 1. The van der Waals surface area contributed by atoms with Gasteiger partial charge in [0.25, 0.3) is 5.91 Å². The number of urea groups is 1. The first-order valence-corrected chi connectivity index (χ1v) is 10.1. The lowest BCUT2D eigenvalue weighted by Gasteiger charge is -2.56. The Morgan fingerprint density at radius 1 is 1.21 bits per heavy atom. The smallest absolute Gasteiger partial charge is 0.317 e. The lowest BCUT2D eigenvalue weighted by atomic mass is 9.91. The van der Waals surface area contributed by atoms with Gasteiger partial charge in [0.15, 0.2) is 0 Å². The fourth-order valence-corrected chi connectivity index (χ4v) is 4.26. The molecule has 2 aliphatic rings. The molecule has 0 bridgehead atoms. The first-order valence-electron chi connectivity index (χ1n) is 9.71. The minimum Gasteiger partial charge on any atom is -0.394 e. The molecule has 154 valence electrons. The number of halogens is 1. The molecule has 1 aromatic carbocycles. The molecule has 2 aliphatic heterocycles. The number of benzene rings is 1. The third kappa shape index (κ3) is 4.26. The van der Waals surface area contributed by atoms with Gasteiger partial charge in [-0.05, 0) is 45.0 Å². The number of piperazine rings is 2. The summed E-state index contributed by atoms with van der Waals surface area (Å²) in [7, 11) is 0. The number of aliphatic hydroxyl groups excluding tert-OH is 1. The Kier molecular flexibility index (Phi) is 6.17. The molecule has 0 saturated carbocycles. The maximum Gasteiger partial charge on any atom is 0.317 e. The predicted molar refractivity (Wildman–Crippen MR) is 109 cm³/mol. The standard InChI is InChI=1S/C20H29ClN4O3/c1-14(2)22-19(28)23-8-9-25-17(10-23)11-24(12-20(25,3)13-26)18(27)15-4-6-16(21)7-5-15/h4-7,14,17,26H,8-13H2,1-3H3,(H,22,28). The van der Waals surface area contributed by atoms with Crippen molar-refractivity contribution in [3.63, 3.8) is 0 Å². The minimum absolute atomic E-state index is 0.0196. The van der Waals surface area contributed by atoms with Crippen LogP contribution in [0, 0.1) is 0 Å². The predicted octanol–water partition coefficient (Wildman–Crippen LogP) is 1.65. The normalized spacial score (nSPS) is 25.6. The van der Waals surface area contributed by atoms with Crippen LogP contribution >= 0.6 is 11.6 Å². The van der Waals surface area contributed by atoms with E-state index in [1.54, 1.807) is 34.1 Å². The summed E-state index contributed by atoms with van der Waals surface area (Å²) >= 11 is 5.93. The van der Waals surface area contributed by atoms with Crippen LogP contribution in [-0.2, 0) is 0 Å². The lowest BCUT2D eigenvalue weighted by Crippen LogP contribution is -2.73. The summed E-state index contributed by atoms with van der Waals surface area (Å²) in [6, 6.07) is 6.81. The summed E-state index contributed by atoms with van der Waals surface area (Å²) in [5.41, 5.74) is 0.0365. The van der Waals surface area contributed by atoms with Crippen molar-refractivity contribution in [3.8, 4) is 0 Å². The van der Waals surface area contributed by atoms with Crippen molar-refractivity contribution in [2.45, 2.75) is 38.4 Å². The second-order valence-electron chi connectivity index (χ2n) is 8.25. The molecule has 0 radical (unpaired) electrons. The SMILES string of the molecule is CC(C)NC(=O)N1CCN2C(C1)CN(C(=O)c1ccc(Cl)cc1)CC2(C)CO. The van der Waals surface area contributed by atoms with Gasteiger partial charge in [0.1, 0.15) is 0 Å². The quantitative estimate of drug-likeness (QED) is 0.797. The summed E-state index contributed by atoms with van der Waals surface area (Å²) < 4.78 is 0. The number of carbonyl (C=O) groups excluding carboxylic acids is 2. The highest BCUT2D eigenvalue weighted by molar-refractivity contribution is 6.30. The van der Waals surface area contributed by atoms with E-state index in [0.29, 0.717) is 43.3 Å². The number of aliphatic hydroxyl groups is 1. The molecule has 2 saturated heterocycles. The van der Waals surface area contributed by atoms with Gasteiger partial charge < -0.3 is 20.2 Å². The Balaban J connectivity index is 1.78. The molecule has 0 aliphatic carbocycles. The highest BCUT2D eigenvalue weighted by Gasteiger charge is 2.46. The molecule has 8 heteroatoms. The monoisotopic (exact) mass is 408 g/mol. The molecule has 3 rings (SSSR count). The highest BCUT2D eigenvalue weighted by atomic mass is 35.5. The first kappa shape index (κ1) is 20.9. The van der Waals surface area contributed by atoms with Crippen LogP contribution in [-0.4, -0.2) is 88.7 Å². The van der Waals surface area contributed by atoms with Crippen molar-refractivity contribution >= 4 is 23.5 Å². The average molecular weight is 409 g/mol. The number of hydrogen-bond donors (Lipinski definition) is 2. The van der Waals surface area contributed by atoms with E-state index in [9.17, 15) is 14.7 Å². The van der Waals surface area contributed by atoms with Crippen LogP contribution in [0.3, 0.4) is 0 Å². The van der Waals surface area contributed by atoms with E-state index in [0.717, 1.165) is 0 Å². The maximum absolute atomic E-state index is 13.0. The molecule has 3 amide bonds. The van der Waals surface area contributed by atoms with Crippen LogP contribution in [0.5, 0.6) is 0 Å². The number of carbonyl (C=O) groups is 2. The maximum atomic E-state index is 13.0. The zero-order chi connectivity index (χ0) is 20.5. The topological polar surface area (TPSA) is 76.1 Å². The van der Waals surface area contributed by atoms with Crippen molar-refractivity contribution < 1.29 is 14.7 Å². The summed E-state index contributed by atoms with van der Waals surface area (Å²) in [6.07, 6.45) is 0. The van der Waals surface area contributed by atoms with E-state index in [1.165, 1.54) is 0 Å². The molecule has 1 aromatic rings. The van der Waals surface area contributed by atoms with Gasteiger partial charge >= 0.3 is 6.03 Å². The van der Waals surface area contributed by atoms with E-state index < -0.39 is 5.54 Å². The Bertz CT molecular complexity index is 727. The number of rotatable bonds is 3. The number of nitrogens with zero attached hydrogens (tertiary/aromatic N) is 3. The van der Waals surface area contributed by atoms with Crippen LogP contribution in [0.15, 0.2) is 24.3 Å². The summed E-state index contributed by atoms with van der Waals surface area (Å²) in [6.45, 7) is 8.57. The van der Waals surface area contributed by atoms with Crippen LogP contribution in [0.1, 0.15) is 31.1 Å². The van der Waals surface area contributed by atoms with Gasteiger partial charge in [0, 0.05) is 55.4 Å². The largest absolute Gasteiger partial charge is 0.394 e. The van der Waals surface area contributed by atoms with Crippen LogP contribution in [0.25, 0.3) is 0 Å². The molecule has 0 spiro atoms. The summed E-state index contributed by atoms with van der Waals surface area (Å²) in [5.74, 6) is -0.0836. The number of amides is 3. The fraction of sp³-hybridized carbons (Fsp3) is 0.600. The van der Waals surface area contributed by atoms with E-state index in [-0.39, 0.29) is 30.6 Å². The van der Waals surface area contributed by atoms with Crippen LogP contribution in [0.2, 0.25) is 5.02 Å². The van der Waals surface area contributed by atoms with E-state index in [2.05, 4.69) is 10.2 Å². The Labute approximate surface area is 171 Å². The number of nitrogens with one attached hydrogen (secondary N) is 1. The molecule has 0 aromatic heterocycles. The van der Waals surface area contributed by atoms with Crippen molar-refractivity contribution in [2.75, 3.05) is 39.3 Å². The van der Waals surface area contributed by atoms with Gasteiger partial charge in [0.05, 0.1) is 12.1 Å². The lowest BCUT2D eigenvalue weighted by molar-refractivity contribution is -0.0769. The van der Waals surface area contributed by atoms with E-state index in [4.69, 9.17) is 11.6 Å². The van der Waals surface area contributed by atoms with Crippen molar-refractivity contribution in [3.05, 3.63) is 34.9 Å². The van der Waals surface area contributed by atoms with E-state index in [1.807, 2.05) is 20.8 Å². The molecule has 2 N–H and O–H groups in total. The van der Waals surface area contributed by atoms with Gasteiger partial charge in [-0.2, -0.15) is 0 Å². The zero-order valence-corrected chi connectivity index (χ0v) is 17.4. The Morgan fingerprint density at radius 3 is 2.46 bits per heavy atom. The fourth-order valence-electron chi connectivity index (χ4n) is 4.14. The molecule has 2 fully saturated rings. The van der Waals surface area contributed by atoms with Crippen molar-refractivity contribution in [1.82, 2.24) is 20.0 Å².